The summed E-state index contributed by atoms with van der Waals surface area (Å²) in [5.41, 5.74) is 5.46. The second-order valence-corrected chi connectivity index (χ2v) is 10.0. The van der Waals surface area contributed by atoms with Crippen LogP contribution in [0.15, 0.2) is 33.6 Å². The van der Waals surface area contributed by atoms with Gasteiger partial charge in [0, 0.05) is 17.6 Å². The predicted molar refractivity (Wildman–Crippen MR) is 85.5 cm³/mol. The zero-order valence-corrected chi connectivity index (χ0v) is 14.8. The molecule has 0 aliphatic carbocycles. The van der Waals surface area contributed by atoms with Gasteiger partial charge in [0.25, 0.3) is 0 Å². The molecule has 1 aromatic rings. The van der Waals surface area contributed by atoms with Crippen LogP contribution in [0.3, 0.4) is 0 Å². The molecule has 0 unspecified atom stereocenters. The summed E-state index contributed by atoms with van der Waals surface area (Å²) >= 11 is 3.22. The summed E-state index contributed by atoms with van der Waals surface area (Å²) in [5, 5.41) is 9.94. The number of rotatable bonds is 5. The molecule has 1 aliphatic heterocycles. The van der Waals surface area contributed by atoms with Crippen molar-refractivity contribution in [3.63, 3.8) is 0 Å². The van der Waals surface area contributed by atoms with Crippen LogP contribution in [-0.2, 0) is 19.9 Å². The van der Waals surface area contributed by atoms with Crippen LogP contribution in [-0.4, -0.2) is 63.0 Å². The lowest BCUT2D eigenvalue weighted by Gasteiger charge is -2.28. The van der Waals surface area contributed by atoms with Gasteiger partial charge in [-0.05, 0) is 24.3 Å². The fourth-order valence-corrected chi connectivity index (χ4v) is 6.25. The highest BCUT2D eigenvalue weighted by Crippen LogP contribution is 2.26. The Hall–Kier alpha value is -0.520. The maximum absolute atomic E-state index is 12.7. The summed E-state index contributed by atoms with van der Waals surface area (Å²) in [5.74, 6) is -0.835. The van der Waals surface area contributed by atoms with Gasteiger partial charge in [0.15, 0.2) is 9.84 Å². The number of hydrogen-bond acceptors (Lipinski definition) is 6. The van der Waals surface area contributed by atoms with Crippen LogP contribution in [0.4, 0.5) is 0 Å². The Morgan fingerprint density at radius 1 is 1.27 bits per heavy atom. The van der Waals surface area contributed by atoms with Gasteiger partial charge >= 0.3 is 0 Å². The molecule has 22 heavy (non-hydrogen) atoms. The SMILES string of the molecule is NCCN([C@H]1CS(=O)(=O)C[C@@H]1O)S(=O)(=O)c1ccc(Br)cc1. The molecule has 1 heterocycles. The van der Waals surface area contributed by atoms with Crippen LogP contribution < -0.4 is 5.73 Å². The summed E-state index contributed by atoms with van der Waals surface area (Å²) < 4.78 is 50.5. The molecule has 3 N–H and O–H groups in total. The standard InChI is InChI=1S/C12H17BrN2O5S2/c13-9-1-3-10(4-2-9)22(19,20)15(6-5-14)11-7-21(17,18)8-12(11)16/h1-4,11-12,16H,5-8,14H2/t11-,12-/m0/s1. The van der Waals surface area contributed by atoms with Crippen molar-refractivity contribution in [1.29, 1.82) is 0 Å². The largest absolute Gasteiger partial charge is 0.390 e. The number of sulfonamides is 1. The first kappa shape index (κ1) is 17.8. The summed E-state index contributed by atoms with van der Waals surface area (Å²) in [6, 6.07) is 4.98. The summed E-state index contributed by atoms with van der Waals surface area (Å²) in [6.45, 7) is -0.0331. The lowest BCUT2D eigenvalue weighted by atomic mass is 10.2. The van der Waals surface area contributed by atoms with Crippen molar-refractivity contribution in [3.05, 3.63) is 28.7 Å². The third-order valence-corrected chi connectivity index (χ3v) is 7.60. The molecular weight excluding hydrogens is 396 g/mol. The summed E-state index contributed by atoms with van der Waals surface area (Å²) in [4.78, 5) is 0.0284. The monoisotopic (exact) mass is 412 g/mol. The summed E-state index contributed by atoms with van der Waals surface area (Å²) in [7, 11) is -7.40. The van der Waals surface area contributed by atoms with Crippen molar-refractivity contribution in [1.82, 2.24) is 4.31 Å². The molecule has 1 fully saturated rings. The number of aliphatic hydroxyl groups excluding tert-OH is 1. The third kappa shape index (κ3) is 3.69. The Kier molecular flexibility index (Phi) is 5.30. The second-order valence-electron chi connectivity index (χ2n) is 5.07. The molecule has 2 atom stereocenters. The number of nitrogens with zero attached hydrogens (tertiary/aromatic N) is 1. The predicted octanol–water partition coefficient (Wildman–Crippen LogP) is -0.444. The minimum Gasteiger partial charge on any atom is -0.390 e. The number of nitrogens with two attached hydrogens (primary N) is 1. The molecule has 1 aromatic carbocycles. The van der Waals surface area contributed by atoms with Gasteiger partial charge in [-0.1, -0.05) is 15.9 Å². The molecule has 7 nitrogen and oxygen atoms in total. The van der Waals surface area contributed by atoms with E-state index >= 15 is 0 Å². The fraction of sp³-hybridized carbons (Fsp3) is 0.500. The number of aliphatic hydroxyl groups is 1. The van der Waals surface area contributed by atoms with Gasteiger partial charge in [0.05, 0.1) is 28.5 Å². The maximum Gasteiger partial charge on any atom is 0.243 e. The average molecular weight is 413 g/mol. The number of benzene rings is 1. The summed E-state index contributed by atoms with van der Waals surface area (Å²) in [6.07, 6.45) is -1.25. The van der Waals surface area contributed by atoms with Crippen LogP contribution in [0.5, 0.6) is 0 Å². The van der Waals surface area contributed by atoms with Crippen LogP contribution in [0, 0.1) is 0 Å². The van der Waals surface area contributed by atoms with Crippen LogP contribution in [0.2, 0.25) is 0 Å². The van der Waals surface area contributed by atoms with Gasteiger partial charge in [0.2, 0.25) is 10.0 Å². The lowest BCUT2D eigenvalue weighted by molar-refractivity contribution is 0.129. The Morgan fingerprint density at radius 2 is 1.86 bits per heavy atom. The van der Waals surface area contributed by atoms with E-state index in [0.717, 1.165) is 8.78 Å². The first-order chi connectivity index (χ1) is 10.2. The molecule has 0 radical (unpaired) electrons. The number of sulfone groups is 1. The van der Waals surface area contributed by atoms with E-state index in [4.69, 9.17) is 5.73 Å². The minimum absolute atomic E-state index is 0.0268. The van der Waals surface area contributed by atoms with Gasteiger partial charge < -0.3 is 10.8 Å². The zero-order chi connectivity index (χ0) is 16.5. The van der Waals surface area contributed by atoms with Gasteiger partial charge in [-0.25, -0.2) is 16.8 Å². The van der Waals surface area contributed by atoms with E-state index < -0.39 is 43.5 Å². The van der Waals surface area contributed by atoms with Crippen molar-refractivity contribution < 1.29 is 21.9 Å². The topological polar surface area (TPSA) is 118 Å². The Labute approximate surface area is 138 Å². The average Bonchev–Trinajstić information content (AvgIpc) is 2.69. The van der Waals surface area contributed by atoms with E-state index in [2.05, 4.69) is 15.9 Å². The molecule has 1 saturated heterocycles. The highest BCUT2D eigenvalue weighted by molar-refractivity contribution is 9.10. The molecule has 2 rings (SSSR count). The van der Waals surface area contributed by atoms with E-state index in [1.807, 2.05) is 0 Å². The van der Waals surface area contributed by atoms with E-state index in [1.54, 1.807) is 12.1 Å². The number of halogens is 1. The van der Waals surface area contributed by atoms with Gasteiger partial charge in [-0.3, -0.25) is 0 Å². The van der Waals surface area contributed by atoms with Gasteiger partial charge in [-0.15, -0.1) is 0 Å². The molecule has 0 spiro atoms. The lowest BCUT2D eigenvalue weighted by Crippen LogP contribution is -2.48. The van der Waals surface area contributed by atoms with E-state index in [1.165, 1.54) is 12.1 Å². The van der Waals surface area contributed by atoms with Crippen molar-refractivity contribution in [2.45, 2.75) is 17.0 Å². The molecule has 10 heteroatoms. The van der Waals surface area contributed by atoms with Gasteiger partial charge in [0.1, 0.15) is 0 Å². The van der Waals surface area contributed by atoms with Crippen LogP contribution >= 0.6 is 15.9 Å². The van der Waals surface area contributed by atoms with Crippen molar-refractivity contribution in [2.75, 3.05) is 24.6 Å². The number of hydrogen-bond donors (Lipinski definition) is 2. The third-order valence-electron chi connectivity index (χ3n) is 3.43. The molecular formula is C12H17BrN2O5S2. The maximum atomic E-state index is 12.7. The van der Waals surface area contributed by atoms with Crippen LogP contribution in [0.1, 0.15) is 0 Å². The van der Waals surface area contributed by atoms with E-state index in [0.29, 0.717) is 0 Å². The molecule has 124 valence electrons. The van der Waals surface area contributed by atoms with Crippen molar-refractivity contribution in [3.8, 4) is 0 Å². The Morgan fingerprint density at radius 3 is 2.32 bits per heavy atom. The minimum atomic E-state index is -3.94. The molecule has 0 amide bonds. The first-order valence-electron chi connectivity index (χ1n) is 6.53. The van der Waals surface area contributed by atoms with E-state index in [-0.39, 0.29) is 18.0 Å². The Balaban J connectivity index is 2.41. The second kappa shape index (κ2) is 6.54. The van der Waals surface area contributed by atoms with Gasteiger partial charge in [-0.2, -0.15) is 4.31 Å². The molecule has 0 saturated carbocycles. The zero-order valence-electron chi connectivity index (χ0n) is 11.6. The molecule has 1 aliphatic rings. The normalized spacial score (nSPS) is 24.7. The van der Waals surface area contributed by atoms with E-state index in [9.17, 15) is 21.9 Å². The highest BCUT2D eigenvalue weighted by Gasteiger charge is 2.44. The fourth-order valence-electron chi connectivity index (χ4n) is 2.42. The van der Waals surface area contributed by atoms with Crippen molar-refractivity contribution >= 4 is 35.8 Å². The molecule has 0 bridgehead atoms. The first-order valence-corrected chi connectivity index (χ1v) is 10.6. The van der Waals surface area contributed by atoms with Crippen molar-refractivity contribution in [2.24, 2.45) is 5.73 Å². The van der Waals surface area contributed by atoms with Crippen LogP contribution in [0.25, 0.3) is 0 Å². The highest BCUT2D eigenvalue weighted by atomic mass is 79.9. The Bertz CT molecular complexity index is 733. The quantitative estimate of drug-likeness (QED) is 0.676. The smallest absolute Gasteiger partial charge is 0.243 e. The molecule has 0 aromatic heterocycles.